The van der Waals surface area contributed by atoms with Gasteiger partial charge in [-0.2, -0.15) is 0 Å². The van der Waals surface area contributed by atoms with Gasteiger partial charge in [0.25, 0.3) is 0 Å². The van der Waals surface area contributed by atoms with Crippen LogP contribution in [-0.4, -0.2) is 0 Å². The molecule has 0 aliphatic heterocycles. The van der Waals surface area contributed by atoms with E-state index < -0.39 is 0 Å². The maximum atomic E-state index is 6.52. The average molecular weight is 473 g/mol. The molecule has 0 fully saturated rings. The van der Waals surface area contributed by atoms with Crippen LogP contribution in [0.2, 0.25) is 5.02 Å². The molecular formula is C33H41Cl. The summed E-state index contributed by atoms with van der Waals surface area (Å²) in [6, 6.07) is 18.5. The van der Waals surface area contributed by atoms with Crippen LogP contribution in [0, 0.1) is 0 Å². The molecule has 180 valence electrons. The van der Waals surface area contributed by atoms with E-state index in [0.29, 0.717) is 0 Å². The number of halogens is 1. The third-order valence-electron chi connectivity index (χ3n) is 7.54. The maximum absolute atomic E-state index is 6.52. The van der Waals surface area contributed by atoms with Gasteiger partial charge in [0.05, 0.1) is 0 Å². The molecule has 34 heavy (non-hydrogen) atoms. The first-order valence-electron chi connectivity index (χ1n) is 12.6. The Morgan fingerprint density at radius 2 is 1.15 bits per heavy atom. The Labute approximate surface area is 212 Å². The first-order valence-corrected chi connectivity index (χ1v) is 12.9. The summed E-state index contributed by atoms with van der Waals surface area (Å²) in [5, 5.41) is 0.809. The van der Waals surface area contributed by atoms with E-state index in [0.717, 1.165) is 5.02 Å². The van der Waals surface area contributed by atoms with Crippen molar-refractivity contribution in [1.29, 1.82) is 0 Å². The van der Waals surface area contributed by atoms with Crippen molar-refractivity contribution in [3.63, 3.8) is 0 Å². The molecule has 3 aromatic carbocycles. The maximum Gasteiger partial charge on any atom is 0.0409 e. The molecule has 0 heterocycles. The monoisotopic (exact) mass is 472 g/mol. The van der Waals surface area contributed by atoms with Crippen molar-refractivity contribution >= 4 is 11.6 Å². The lowest BCUT2D eigenvalue weighted by molar-refractivity contribution is 0.557. The molecular weight excluding hydrogens is 432 g/mol. The SMILES string of the molecule is CC(C)(C)c1cc(-c2ccc(C(C)(C)C)c3c2-c2ccc(Cl)cc2C3(C)C)cc(C(C)(C)C)c1. The molecule has 0 saturated heterocycles. The fourth-order valence-corrected chi connectivity index (χ4v) is 5.60. The van der Waals surface area contributed by atoms with Crippen molar-refractivity contribution in [2.75, 3.05) is 0 Å². The molecule has 0 unspecified atom stereocenters. The highest BCUT2D eigenvalue weighted by atomic mass is 35.5. The fraction of sp³-hybridized carbons (Fsp3) is 0.455. The molecule has 3 aromatic rings. The topological polar surface area (TPSA) is 0 Å². The predicted octanol–water partition coefficient (Wildman–Crippen LogP) is 10.2. The van der Waals surface area contributed by atoms with E-state index in [-0.39, 0.29) is 21.7 Å². The normalized spacial score (nSPS) is 15.3. The molecule has 0 nitrogen and oxygen atoms in total. The highest BCUT2D eigenvalue weighted by molar-refractivity contribution is 6.30. The van der Waals surface area contributed by atoms with Gasteiger partial charge < -0.3 is 0 Å². The van der Waals surface area contributed by atoms with Crippen LogP contribution in [0.5, 0.6) is 0 Å². The lowest BCUT2D eigenvalue weighted by Crippen LogP contribution is -2.23. The van der Waals surface area contributed by atoms with E-state index >= 15 is 0 Å². The Kier molecular flexibility index (Phi) is 5.69. The van der Waals surface area contributed by atoms with Crippen molar-refractivity contribution in [3.8, 4) is 22.3 Å². The largest absolute Gasteiger partial charge is 0.0843 e. The fourth-order valence-electron chi connectivity index (χ4n) is 5.43. The van der Waals surface area contributed by atoms with Gasteiger partial charge in [0, 0.05) is 10.4 Å². The summed E-state index contributed by atoms with van der Waals surface area (Å²) in [6.45, 7) is 25.6. The van der Waals surface area contributed by atoms with Gasteiger partial charge in [-0.05, 0) is 78.4 Å². The van der Waals surface area contributed by atoms with Gasteiger partial charge in [0.1, 0.15) is 0 Å². The van der Waals surface area contributed by atoms with Gasteiger partial charge in [-0.1, -0.05) is 124 Å². The molecule has 4 rings (SSSR count). The zero-order valence-electron chi connectivity index (χ0n) is 23.0. The van der Waals surface area contributed by atoms with Gasteiger partial charge in [-0.15, -0.1) is 0 Å². The van der Waals surface area contributed by atoms with Crippen LogP contribution in [-0.2, 0) is 21.7 Å². The molecule has 0 bridgehead atoms. The lowest BCUT2D eigenvalue weighted by atomic mass is 9.72. The Hall–Kier alpha value is -2.05. The first kappa shape index (κ1) is 25.1. The van der Waals surface area contributed by atoms with E-state index in [4.69, 9.17) is 11.6 Å². The summed E-state index contributed by atoms with van der Waals surface area (Å²) in [5.41, 5.74) is 12.4. The minimum Gasteiger partial charge on any atom is -0.0843 e. The second kappa shape index (κ2) is 7.72. The van der Waals surface area contributed by atoms with Crippen molar-refractivity contribution in [2.24, 2.45) is 0 Å². The van der Waals surface area contributed by atoms with Crippen molar-refractivity contribution < 1.29 is 0 Å². The molecule has 0 radical (unpaired) electrons. The van der Waals surface area contributed by atoms with Gasteiger partial charge in [0.15, 0.2) is 0 Å². The highest BCUT2D eigenvalue weighted by Gasteiger charge is 2.41. The van der Waals surface area contributed by atoms with E-state index in [1.165, 1.54) is 50.1 Å². The van der Waals surface area contributed by atoms with Crippen molar-refractivity contribution in [3.05, 3.63) is 81.4 Å². The van der Waals surface area contributed by atoms with Crippen LogP contribution in [0.3, 0.4) is 0 Å². The molecule has 1 heteroatoms. The van der Waals surface area contributed by atoms with Gasteiger partial charge in [-0.3, -0.25) is 0 Å². The molecule has 0 aromatic heterocycles. The number of benzene rings is 3. The number of hydrogen-bond acceptors (Lipinski definition) is 0. The van der Waals surface area contributed by atoms with Gasteiger partial charge in [-0.25, -0.2) is 0 Å². The second-order valence-corrected chi connectivity index (χ2v) is 14.2. The predicted molar refractivity (Wildman–Crippen MR) is 151 cm³/mol. The molecule has 0 amide bonds. The molecule has 0 N–H and O–H groups in total. The van der Waals surface area contributed by atoms with Crippen LogP contribution in [0.25, 0.3) is 22.3 Å². The lowest BCUT2D eigenvalue weighted by Gasteiger charge is -2.31. The molecule has 1 aliphatic carbocycles. The quantitative estimate of drug-likeness (QED) is 0.330. The Balaban J connectivity index is 2.13. The van der Waals surface area contributed by atoms with E-state index in [9.17, 15) is 0 Å². The molecule has 1 aliphatic rings. The third-order valence-corrected chi connectivity index (χ3v) is 7.77. The molecule has 0 saturated carbocycles. The van der Waals surface area contributed by atoms with E-state index in [2.05, 4.69) is 119 Å². The van der Waals surface area contributed by atoms with Crippen LogP contribution >= 0.6 is 11.6 Å². The first-order chi connectivity index (χ1) is 15.4. The summed E-state index contributed by atoms with van der Waals surface area (Å²) < 4.78 is 0. The summed E-state index contributed by atoms with van der Waals surface area (Å²) in [6.07, 6.45) is 0. The summed E-state index contributed by atoms with van der Waals surface area (Å²) >= 11 is 6.52. The van der Waals surface area contributed by atoms with Gasteiger partial charge >= 0.3 is 0 Å². The van der Waals surface area contributed by atoms with Crippen molar-refractivity contribution in [1.82, 2.24) is 0 Å². The smallest absolute Gasteiger partial charge is 0.0409 e. The Bertz CT molecular complexity index is 1240. The molecule has 0 spiro atoms. The Morgan fingerprint density at radius 3 is 1.65 bits per heavy atom. The molecule has 0 atom stereocenters. The number of rotatable bonds is 1. The zero-order chi connectivity index (χ0) is 25.4. The standard InChI is InChI=1S/C33H41Cl/c1-30(2,3)21-16-20(17-22(18-21)31(4,5)6)24-14-15-26(32(7,8)9)29-28(24)25-13-12-23(34)19-27(25)33(29,10)11/h12-19H,1-11H3. The van der Waals surface area contributed by atoms with E-state index in [1.54, 1.807) is 0 Å². The second-order valence-electron chi connectivity index (χ2n) is 13.8. The summed E-state index contributed by atoms with van der Waals surface area (Å²) in [5.74, 6) is 0. The van der Waals surface area contributed by atoms with Crippen LogP contribution in [0.1, 0.15) is 104 Å². The zero-order valence-corrected chi connectivity index (χ0v) is 23.8. The number of hydrogen-bond donors (Lipinski definition) is 0. The minimum absolute atomic E-state index is 0.0511. The highest BCUT2D eigenvalue weighted by Crippen LogP contribution is 2.55. The summed E-state index contributed by atoms with van der Waals surface area (Å²) in [4.78, 5) is 0. The number of fused-ring (bicyclic) bond motifs is 3. The third kappa shape index (κ3) is 4.13. The Morgan fingerprint density at radius 1 is 0.618 bits per heavy atom. The minimum atomic E-state index is -0.108. The van der Waals surface area contributed by atoms with Crippen molar-refractivity contribution in [2.45, 2.75) is 97.8 Å². The van der Waals surface area contributed by atoms with Crippen LogP contribution in [0.4, 0.5) is 0 Å². The average Bonchev–Trinajstić information content (AvgIpc) is 2.92. The van der Waals surface area contributed by atoms with Crippen LogP contribution in [0.15, 0.2) is 48.5 Å². The van der Waals surface area contributed by atoms with Crippen LogP contribution < -0.4 is 0 Å². The van der Waals surface area contributed by atoms with E-state index in [1.807, 2.05) is 6.07 Å². The van der Waals surface area contributed by atoms with Gasteiger partial charge in [0.2, 0.25) is 0 Å². The summed E-state index contributed by atoms with van der Waals surface area (Å²) in [7, 11) is 0.